The molecular weight excluding hydrogens is 446 g/mol. The van der Waals surface area contributed by atoms with Gasteiger partial charge in [0.1, 0.15) is 11.0 Å². The highest BCUT2D eigenvalue weighted by atomic mass is 32.2. The Morgan fingerprint density at radius 3 is 1.97 bits per heavy atom. The third kappa shape index (κ3) is 5.32. The van der Waals surface area contributed by atoms with Crippen LogP contribution in [0.2, 0.25) is 0 Å². The number of ketones is 2. The van der Waals surface area contributed by atoms with Gasteiger partial charge in [-0.15, -0.1) is 0 Å². The van der Waals surface area contributed by atoms with Gasteiger partial charge >= 0.3 is 0 Å². The van der Waals surface area contributed by atoms with Crippen LogP contribution in [-0.2, 0) is 9.84 Å². The monoisotopic (exact) mass is 467 g/mol. The molecule has 33 heavy (non-hydrogen) atoms. The maximum absolute atomic E-state index is 13.4. The lowest BCUT2D eigenvalue weighted by Gasteiger charge is -2.17. The molecule has 170 valence electrons. The Kier molecular flexibility index (Phi) is 7.03. The molecule has 0 aliphatic heterocycles. The van der Waals surface area contributed by atoms with Crippen LogP contribution >= 0.6 is 0 Å². The molecule has 0 unspecified atom stereocenters. The predicted octanol–water partition coefficient (Wildman–Crippen LogP) is 4.21. The van der Waals surface area contributed by atoms with E-state index in [9.17, 15) is 28.1 Å². The molecule has 0 aromatic heterocycles. The molecule has 0 radical (unpaired) electrons. The first kappa shape index (κ1) is 23.8. The van der Waals surface area contributed by atoms with E-state index < -0.39 is 38.0 Å². The minimum Gasteiger partial charge on any atom is -0.497 e. The topological polar surface area (TPSA) is 121 Å². The lowest BCUT2D eigenvalue weighted by atomic mass is 10.0. The summed E-state index contributed by atoms with van der Waals surface area (Å²) in [5.41, 5.74) is 0.832. The maximum Gasteiger partial charge on any atom is 0.269 e. The van der Waals surface area contributed by atoms with Crippen LogP contribution in [0.15, 0.2) is 77.7 Å². The zero-order valence-electron chi connectivity index (χ0n) is 17.9. The van der Waals surface area contributed by atoms with Gasteiger partial charge in [0.05, 0.1) is 16.9 Å². The van der Waals surface area contributed by atoms with E-state index in [0.29, 0.717) is 5.75 Å². The smallest absolute Gasteiger partial charge is 0.269 e. The van der Waals surface area contributed by atoms with Crippen LogP contribution in [-0.4, -0.2) is 37.3 Å². The molecule has 0 spiro atoms. The number of hydrogen-bond donors (Lipinski definition) is 0. The second-order valence-corrected chi connectivity index (χ2v) is 9.50. The molecular formula is C24H21NO7S. The van der Waals surface area contributed by atoms with Crippen LogP contribution in [0.5, 0.6) is 5.75 Å². The van der Waals surface area contributed by atoms with Crippen molar-refractivity contribution < 1.29 is 27.7 Å². The van der Waals surface area contributed by atoms with E-state index in [1.165, 1.54) is 55.6 Å². The Hall–Kier alpha value is -3.85. The molecule has 0 N–H and O–H groups in total. The summed E-state index contributed by atoms with van der Waals surface area (Å²) < 4.78 is 31.9. The van der Waals surface area contributed by atoms with Crippen molar-refractivity contribution in [1.29, 1.82) is 0 Å². The molecule has 0 aliphatic carbocycles. The number of Topliss-reactive ketones (excluding diaryl/α,β-unsaturated/α-hetero) is 2. The number of carbonyl (C=O) groups excluding carboxylic acids is 2. The minimum atomic E-state index is -4.22. The number of hydrogen-bond acceptors (Lipinski definition) is 7. The lowest BCUT2D eigenvalue weighted by molar-refractivity contribution is -0.384. The fourth-order valence-electron chi connectivity index (χ4n) is 3.23. The number of nitrogens with zero attached hydrogens (tertiary/aromatic N) is 1. The average molecular weight is 467 g/mol. The first-order valence-electron chi connectivity index (χ1n) is 9.90. The summed E-state index contributed by atoms with van der Waals surface area (Å²) in [6, 6.07) is 16.8. The van der Waals surface area contributed by atoms with E-state index in [1.807, 2.05) is 0 Å². The molecule has 3 aromatic carbocycles. The van der Waals surface area contributed by atoms with Crippen LogP contribution < -0.4 is 4.74 Å². The Balaban J connectivity index is 2.00. The molecule has 0 amide bonds. The summed E-state index contributed by atoms with van der Waals surface area (Å²) in [4.78, 5) is 36.4. The number of aryl methyl sites for hydroxylation is 1. The first-order chi connectivity index (χ1) is 15.6. The van der Waals surface area contributed by atoms with Crippen molar-refractivity contribution in [2.75, 3.05) is 7.11 Å². The molecule has 9 heteroatoms. The maximum atomic E-state index is 13.4. The second-order valence-electron chi connectivity index (χ2n) is 7.37. The van der Waals surface area contributed by atoms with Crippen LogP contribution in [0.1, 0.15) is 32.7 Å². The van der Waals surface area contributed by atoms with Crippen molar-refractivity contribution in [2.45, 2.75) is 23.5 Å². The van der Waals surface area contributed by atoms with Crippen LogP contribution in [0.4, 0.5) is 5.69 Å². The molecule has 3 aromatic rings. The molecule has 0 aliphatic rings. The van der Waals surface area contributed by atoms with Crippen LogP contribution in [0.3, 0.4) is 0 Å². The second kappa shape index (κ2) is 9.74. The minimum absolute atomic E-state index is 0.0727. The van der Waals surface area contributed by atoms with Gasteiger partial charge in [0.2, 0.25) is 0 Å². The molecule has 0 heterocycles. The van der Waals surface area contributed by atoms with E-state index >= 15 is 0 Å². The van der Waals surface area contributed by atoms with Crippen molar-refractivity contribution in [3.63, 3.8) is 0 Å². The third-order valence-electron chi connectivity index (χ3n) is 5.16. The summed E-state index contributed by atoms with van der Waals surface area (Å²) in [5, 5.41) is 9.18. The largest absolute Gasteiger partial charge is 0.497 e. The van der Waals surface area contributed by atoms with Crippen LogP contribution in [0, 0.1) is 17.0 Å². The molecule has 0 saturated carbocycles. The van der Waals surface area contributed by atoms with Gasteiger partial charge < -0.3 is 4.74 Å². The standard InChI is InChI=1S/C24H21NO7S/c1-16-3-13-21(14-4-16)33(30,31)23(24(27)18-7-11-20(32-2)12-8-18)15-22(26)17-5-9-19(10-6-17)25(28)29/h3-14,23H,15H2,1-2H3/t23-/m0/s1. The third-order valence-corrected chi connectivity index (χ3v) is 7.22. The average Bonchev–Trinajstić information content (AvgIpc) is 2.82. The SMILES string of the molecule is COc1ccc(C(=O)[C@H](CC(=O)c2ccc([N+](=O)[O-])cc2)S(=O)(=O)c2ccc(C)cc2)cc1. The number of ether oxygens (including phenoxy) is 1. The summed E-state index contributed by atoms with van der Waals surface area (Å²) in [5.74, 6) is -0.854. The summed E-state index contributed by atoms with van der Waals surface area (Å²) in [6.45, 7) is 1.80. The van der Waals surface area contributed by atoms with Gasteiger partial charge in [-0.25, -0.2) is 8.42 Å². The van der Waals surface area contributed by atoms with Crippen LogP contribution in [0.25, 0.3) is 0 Å². The van der Waals surface area contributed by atoms with E-state index in [0.717, 1.165) is 17.7 Å². The molecule has 3 rings (SSSR count). The normalized spacial score (nSPS) is 12.1. The number of rotatable bonds is 9. The highest BCUT2D eigenvalue weighted by Crippen LogP contribution is 2.25. The van der Waals surface area contributed by atoms with E-state index in [2.05, 4.69) is 0 Å². The first-order valence-corrected chi connectivity index (χ1v) is 11.4. The fraction of sp³-hybridized carbons (Fsp3) is 0.167. The number of methoxy groups -OCH3 is 1. The van der Waals surface area contributed by atoms with Gasteiger partial charge in [-0.3, -0.25) is 19.7 Å². The van der Waals surface area contributed by atoms with Crippen molar-refractivity contribution in [2.24, 2.45) is 0 Å². The van der Waals surface area contributed by atoms with E-state index in [-0.39, 0.29) is 21.7 Å². The zero-order chi connectivity index (χ0) is 24.2. The van der Waals surface area contributed by atoms with E-state index in [1.54, 1.807) is 19.1 Å². The van der Waals surface area contributed by atoms with Crippen molar-refractivity contribution in [1.82, 2.24) is 0 Å². The van der Waals surface area contributed by atoms with E-state index in [4.69, 9.17) is 4.74 Å². The number of nitro benzene ring substituents is 1. The van der Waals surface area contributed by atoms with Gasteiger partial charge in [0.25, 0.3) is 5.69 Å². The molecule has 0 bridgehead atoms. The van der Waals surface area contributed by atoms with Crippen molar-refractivity contribution >= 4 is 27.1 Å². The zero-order valence-corrected chi connectivity index (χ0v) is 18.7. The number of non-ortho nitro benzene ring substituents is 1. The molecule has 0 fully saturated rings. The van der Waals surface area contributed by atoms with Gasteiger partial charge in [-0.1, -0.05) is 17.7 Å². The highest BCUT2D eigenvalue weighted by molar-refractivity contribution is 7.92. The van der Waals surface area contributed by atoms with Gasteiger partial charge in [0.15, 0.2) is 21.4 Å². The summed E-state index contributed by atoms with van der Waals surface area (Å²) >= 11 is 0. The fourth-order valence-corrected chi connectivity index (χ4v) is 4.86. The van der Waals surface area contributed by atoms with Crippen molar-refractivity contribution in [3.8, 4) is 5.75 Å². The summed E-state index contributed by atoms with van der Waals surface area (Å²) in [7, 11) is -2.75. The Labute approximate surface area is 190 Å². The Bertz CT molecular complexity index is 1280. The lowest BCUT2D eigenvalue weighted by Crippen LogP contribution is -2.33. The predicted molar refractivity (Wildman–Crippen MR) is 122 cm³/mol. The molecule has 1 atom stereocenters. The number of benzene rings is 3. The van der Waals surface area contributed by atoms with Gasteiger partial charge in [-0.05, 0) is 55.5 Å². The number of sulfone groups is 1. The summed E-state index contributed by atoms with van der Waals surface area (Å²) in [6.07, 6.45) is -0.612. The number of nitro groups is 1. The molecule has 8 nitrogen and oxygen atoms in total. The number of carbonyl (C=O) groups is 2. The van der Waals surface area contributed by atoms with Crippen molar-refractivity contribution in [3.05, 3.63) is 99.6 Å². The molecule has 0 saturated heterocycles. The highest BCUT2D eigenvalue weighted by Gasteiger charge is 2.36. The van der Waals surface area contributed by atoms with Gasteiger partial charge in [0, 0.05) is 29.7 Å². The Morgan fingerprint density at radius 2 is 1.45 bits per heavy atom. The van der Waals surface area contributed by atoms with Gasteiger partial charge in [-0.2, -0.15) is 0 Å². The quantitative estimate of drug-likeness (QED) is 0.262. The Morgan fingerprint density at radius 1 is 0.909 bits per heavy atom.